The third-order valence-corrected chi connectivity index (χ3v) is 6.07. The summed E-state index contributed by atoms with van der Waals surface area (Å²) in [6.45, 7) is 7.53. The second-order valence-electron chi connectivity index (χ2n) is 5.60. The molecule has 2 aromatic rings. The predicted octanol–water partition coefficient (Wildman–Crippen LogP) is 2.58. The van der Waals surface area contributed by atoms with Crippen LogP contribution in [-0.4, -0.2) is 44.0 Å². The number of amides is 1. The quantitative estimate of drug-likeness (QED) is 0.791. The van der Waals surface area contributed by atoms with Crippen LogP contribution in [0.3, 0.4) is 0 Å². The van der Waals surface area contributed by atoms with Crippen molar-refractivity contribution < 1.29 is 22.5 Å². The molecule has 1 N–H and O–H groups in total. The molecule has 142 valence electrons. The highest BCUT2D eigenvalue weighted by Crippen LogP contribution is 2.29. The number of aromatic nitrogens is 1. The van der Waals surface area contributed by atoms with Gasteiger partial charge in [0.25, 0.3) is 5.91 Å². The number of ether oxygens (including phenoxy) is 1. The molecule has 1 heterocycles. The molecule has 1 aromatic carbocycles. The second kappa shape index (κ2) is 7.88. The van der Waals surface area contributed by atoms with Gasteiger partial charge in [-0.2, -0.15) is 4.31 Å². The third kappa shape index (κ3) is 3.73. The molecule has 2 rings (SSSR count). The summed E-state index contributed by atoms with van der Waals surface area (Å²) in [5.74, 6) is 0.284. The van der Waals surface area contributed by atoms with Gasteiger partial charge in [-0.25, -0.2) is 8.42 Å². The number of hydrogen-bond acceptors (Lipinski definition) is 6. The van der Waals surface area contributed by atoms with Crippen molar-refractivity contribution in [2.24, 2.45) is 0 Å². The lowest BCUT2D eigenvalue weighted by Gasteiger charge is -2.19. The topological polar surface area (TPSA) is 102 Å². The first-order valence-corrected chi connectivity index (χ1v) is 9.62. The Kier molecular flexibility index (Phi) is 6.04. The van der Waals surface area contributed by atoms with Crippen LogP contribution in [0.2, 0.25) is 0 Å². The Morgan fingerprint density at radius 3 is 2.42 bits per heavy atom. The Morgan fingerprint density at radius 2 is 1.92 bits per heavy atom. The van der Waals surface area contributed by atoms with Crippen LogP contribution >= 0.6 is 0 Å². The summed E-state index contributed by atoms with van der Waals surface area (Å²) in [5, 5.41) is 6.44. The summed E-state index contributed by atoms with van der Waals surface area (Å²) in [6.07, 6.45) is 0. The van der Waals surface area contributed by atoms with Crippen molar-refractivity contribution >= 4 is 21.6 Å². The SMILES string of the molecule is CCN(CC)S(=O)(=O)c1ccc(OC)c(NC(=O)c2c(C)noc2C)c1. The number of aryl methyl sites for hydroxylation is 2. The molecule has 0 aliphatic carbocycles. The van der Waals surface area contributed by atoms with Crippen LogP contribution in [0, 0.1) is 13.8 Å². The average Bonchev–Trinajstić information content (AvgIpc) is 2.94. The van der Waals surface area contributed by atoms with Gasteiger partial charge in [0.2, 0.25) is 10.0 Å². The Labute approximate surface area is 153 Å². The van der Waals surface area contributed by atoms with E-state index in [4.69, 9.17) is 9.26 Å². The molecule has 1 aromatic heterocycles. The number of nitrogens with zero attached hydrogens (tertiary/aromatic N) is 2. The predicted molar refractivity (Wildman–Crippen MR) is 97.0 cm³/mol. The van der Waals surface area contributed by atoms with Crippen molar-refractivity contribution in [3.63, 3.8) is 0 Å². The lowest BCUT2D eigenvalue weighted by molar-refractivity contribution is 0.102. The van der Waals surface area contributed by atoms with E-state index in [1.54, 1.807) is 27.7 Å². The van der Waals surface area contributed by atoms with E-state index in [0.717, 1.165) is 0 Å². The molecule has 0 saturated carbocycles. The normalized spacial score (nSPS) is 11.6. The molecule has 0 aliphatic rings. The number of carbonyl (C=O) groups is 1. The zero-order valence-corrected chi connectivity index (χ0v) is 16.3. The van der Waals surface area contributed by atoms with Crippen molar-refractivity contribution in [3.8, 4) is 5.75 Å². The van der Waals surface area contributed by atoms with E-state index < -0.39 is 15.9 Å². The summed E-state index contributed by atoms with van der Waals surface area (Å²) >= 11 is 0. The summed E-state index contributed by atoms with van der Waals surface area (Å²) in [6, 6.07) is 4.36. The van der Waals surface area contributed by atoms with Crippen LogP contribution in [0.25, 0.3) is 0 Å². The Bertz CT molecular complexity index is 882. The summed E-state index contributed by atoms with van der Waals surface area (Å²) in [5.41, 5.74) is 1.01. The summed E-state index contributed by atoms with van der Waals surface area (Å²) < 4.78 is 37.0. The third-order valence-electron chi connectivity index (χ3n) is 4.02. The largest absolute Gasteiger partial charge is 0.495 e. The van der Waals surface area contributed by atoms with Gasteiger partial charge in [-0.1, -0.05) is 19.0 Å². The molecule has 0 radical (unpaired) electrons. The number of carbonyl (C=O) groups excluding carboxylic acids is 1. The van der Waals surface area contributed by atoms with E-state index in [9.17, 15) is 13.2 Å². The highest BCUT2D eigenvalue weighted by Gasteiger charge is 2.24. The lowest BCUT2D eigenvalue weighted by Crippen LogP contribution is -2.30. The smallest absolute Gasteiger partial charge is 0.261 e. The Hall–Kier alpha value is -2.39. The first-order chi connectivity index (χ1) is 12.3. The molecule has 9 heteroatoms. The van der Waals surface area contributed by atoms with Crippen LogP contribution in [-0.2, 0) is 10.0 Å². The molecular weight excluding hydrogens is 358 g/mol. The number of sulfonamides is 1. The van der Waals surface area contributed by atoms with Crippen molar-refractivity contribution in [3.05, 3.63) is 35.2 Å². The van der Waals surface area contributed by atoms with Gasteiger partial charge in [0.1, 0.15) is 17.1 Å². The van der Waals surface area contributed by atoms with Crippen LogP contribution < -0.4 is 10.1 Å². The zero-order valence-electron chi connectivity index (χ0n) is 15.5. The zero-order chi connectivity index (χ0) is 19.5. The summed E-state index contributed by atoms with van der Waals surface area (Å²) in [7, 11) is -2.22. The number of benzene rings is 1. The molecule has 1 amide bonds. The molecule has 26 heavy (non-hydrogen) atoms. The van der Waals surface area contributed by atoms with Gasteiger partial charge in [0.15, 0.2) is 0 Å². The molecule has 8 nitrogen and oxygen atoms in total. The average molecular weight is 381 g/mol. The van der Waals surface area contributed by atoms with Crippen molar-refractivity contribution in [2.45, 2.75) is 32.6 Å². The monoisotopic (exact) mass is 381 g/mol. The first-order valence-electron chi connectivity index (χ1n) is 8.18. The Balaban J connectivity index is 2.44. The number of hydrogen-bond donors (Lipinski definition) is 1. The fourth-order valence-electron chi connectivity index (χ4n) is 2.65. The van der Waals surface area contributed by atoms with Gasteiger partial charge in [0.05, 0.1) is 23.4 Å². The van der Waals surface area contributed by atoms with Crippen LogP contribution in [0.5, 0.6) is 5.75 Å². The van der Waals surface area contributed by atoms with Gasteiger partial charge < -0.3 is 14.6 Å². The molecular formula is C17H23N3O5S. The standard InChI is InChI=1S/C17H23N3O5S/c1-6-20(7-2)26(22,23)13-8-9-15(24-5)14(10-13)18-17(21)16-11(3)19-25-12(16)4/h8-10H,6-7H2,1-5H3,(H,18,21). The van der Waals surface area contributed by atoms with E-state index in [1.165, 1.54) is 29.6 Å². The number of nitrogens with one attached hydrogen (secondary N) is 1. The van der Waals surface area contributed by atoms with Crippen molar-refractivity contribution in [2.75, 3.05) is 25.5 Å². The maximum absolute atomic E-state index is 12.7. The number of methoxy groups -OCH3 is 1. The van der Waals surface area contributed by atoms with Gasteiger partial charge in [-0.05, 0) is 32.0 Å². The molecule has 0 aliphatic heterocycles. The van der Waals surface area contributed by atoms with Crippen LogP contribution in [0.1, 0.15) is 35.7 Å². The number of anilines is 1. The van der Waals surface area contributed by atoms with Crippen molar-refractivity contribution in [1.82, 2.24) is 9.46 Å². The van der Waals surface area contributed by atoms with Crippen LogP contribution in [0.4, 0.5) is 5.69 Å². The minimum atomic E-state index is -3.66. The highest BCUT2D eigenvalue weighted by molar-refractivity contribution is 7.89. The highest BCUT2D eigenvalue weighted by atomic mass is 32.2. The van der Waals surface area contributed by atoms with E-state index in [2.05, 4.69) is 10.5 Å². The molecule has 0 unspecified atom stereocenters. The fourth-order valence-corrected chi connectivity index (χ4v) is 4.13. The van der Waals surface area contributed by atoms with E-state index in [0.29, 0.717) is 35.9 Å². The van der Waals surface area contributed by atoms with Crippen molar-refractivity contribution in [1.29, 1.82) is 0 Å². The second-order valence-corrected chi connectivity index (χ2v) is 7.54. The maximum atomic E-state index is 12.7. The molecule has 0 fully saturated rings. The first kappa shape index (κ1) is 19.9. The minimum absolute atomic E-state index is 0.0797. The van der Waals surface area contributed by atoms with E-state index >= 15 is 0 Å². The van der Waals surface area contributed by atoms with E-state index in [1.807, 2.05) is 0 Å². The fraction of sp³-hybridized carbons (Fsp3) is 0.412. The lowest BCUT2D eigenvalue weighted by atomic mass is 10.2. The van der Waals surface area contributed by atoms with Gasteiger partial charge in [0, 0.05) is 13.1 Å². The van der Waals surface area contributed by atoms with Crippen LogP contribution in [0.15, 0.2) is 27.6 Å². The van der Waals surface area contributed by atoms with Gasteiger partial charge in [-0.3, -0.25) is 4.79 Å². The van der Waals surface area contributed by atoms with Gasteiger partial charge >= 0.3 is 0 Å². The molecule has 0 spiro atoms. The summed E-state index contributed by atoms with van der Waals surface area (Å²) in [4.78, 5) is 12.6. The molecule has 0 saturated heterocycles. The number of rotatable bonds is 7. The molecule has 0 atom stereocenters. The Morgan fingerprint density at radius 1 is 1.27 bits per heavy atom. The van der Waals surface area contributed by atoms with E-state index in [-0.39, 0.29) is 10.6 Å². The minimum Gasteiger partial charge on any atom is -0.495 e. The maximum Gasteiger partial charge on any atom is 0.261 e. The van der Waals surface area contributed by atoms with Gasteiger partial charge in [-0.15, -0.1) is 0 Å². The molecule has 0 bridgehead atoms.